The van der Waals surface area contributed by atoms with Crippen LogP contribution in [0.4, 0.5) is 45.2 Å². The number of hydrogen-bond donors (Lipinski definition) is 2. The molecule has 3 aliphatic rings. The van der Waals surface area contributed by atoms with Crippen LogP contribution >= 0.6 is 0 Å². The highest BCUT2D eigenvalue weighted by molar-refractivity contribution is 7.93. The standard InChI is InChI=1S/C21H15F9N2O5S2/c22-19(23,24)11-1-6-14(16(33)31-18-8-17(9-18,10-18)20(25,26)27)15(7-11)32-39(36,37)13-4-2-12(3-5-13)38(34,35)21(28,29)30/h1-7,32H,8-10H2,(H,31,33). The highest BCUT2D eigenvalue weighted by Gasteiger charge is 2.79. The minimum absolute atomic E-state index is 0.258. The molecule has 2 aromatic carbocycles. The Bertz CT molecular complexity index is 1530. The number of sulfone groups is 1. The summed E-state index contributed by atoms with van der Waals surface area (Å²) in [5.41, 5.74) is -11.9. The highest BCUT2D eigenvalue weighted by atomic mass is 32.2. The van der Waals surface area contributed by atoms with Crippen molar-refractivity contribution in [1.82, 2.24) is 5.32 Å². The molecule has 3 saturated carbocycles. The van der Waals surface area contributed by atoms with Gasteiger partial charge in [0.2, 0.25) is 0 Å². The number of carbonyl (C=O) groups excluding carboxylic acids is 1. The molecule has 5 rings (SSSR count). The summed E-state index contributed by atoms with van der Waals surface area (Å²) in [5, 5.41) is 2.31. The Hall–Kier alpha value is -3.02. The molecule has 0 aromatic heterocycles. The first kappa shape index (κ1) is 29.0. The number of amides is 1. The molecular formula is C21H15F9N2O5S2. The number of rotatable bonds is 6. The summed E-state index contributed by atoms with van der Waals surface area (Å²) in [4.78, 5) is 10.6. The smallest absolute Gasteiger partial charge is 0.346 e. The van der Waals surface area contributed by atoms with E-state index in [0.29, 0.717) is 36.4 Å². The number of alkyl halides is 9. The number of halogens is 9. The third-order valence-corrected chi connectivity index (χ3v) is 9.48. The van der Waals surface area contributed by atoms with E-state index in [9.17, 15) is 61.1 Å². The first-order valence-electron chi connectivity index (χ1n) is 10.6. The number of benzene rings is 2. The number of sulfonamides is 1. The molecular weight excluding hydrogens is 595 g/mol. The monoisotopic (exact) mass is 610 g/mol. The van der Waals surface area contributed by atoms with Gasteiger partial charge < -0.3 is 5.32 Å². The molecule has 0 spiro atoms. The number of anilines is 1. The summed E-state index contributed by atoms with van der Waals surface area (Å²) >= 11 is 0. The molecule has 7 nitrogen and oxygen atoms in total. The van der Waals surface area contributed by atoms with Crippen molar-refractivity contribution in [2.24, 2.45) is 5.41 Å². The Morgan fingerprint density at radius 3 is 1.74 bits per heavy atom. The zero-order valence-corrected chi connectivity index (χ0v) is 20.6. The summed E-state index contributed by atoms with van der Waals surface area (Å²) in [6.45, 7) is 0. The van der Waals surface area contributed by atoms with Crippen LogP contribution in [0.25, 0.3) is 0 Å². The summed E-state index contributed by atoms with van der Waals surface area (Å²) in [5.74, 6) is -1.16. The molecule has 0 radical (unpaired) electrons. The van der Waals surface area contributed by atoms with Gasteiger partial charge >= 0.3 is 17.9 Å². The molecule has 0 atom stereocenters. The number of carbonyl (C=O) groups is 1. The van der Waals surface area contributed by atoms with E-state index >= 15 is 0 Å². The average Bonchev–Trinajstić information content (AvgIpc) is 2.72. The van der Waals surface area contributed by atoms with Crippen LogP contribution in [-0.4, -0.2) is 40.0 Å². The van der Waals surface area contributed by atoms with E-state index in [0.717, 1.165) is 0 Å². The van der Waals surface area contributed by atoms with E-state index < -0.39 is 100 Å². The van der Waals surface area contributed by atoms with Crippen LogP contribution in [-0.2, 0) is 26.0 Å². The summed E-state index contributed by atoms with van der Waals surface area (Å²) in [7, 11) is -10.7. The third-order valence-electron chi connectivity index (χ3n) is 6.60. The molecule has 2 bridgehead atoms. The van der Waals surface area contributed by atoms with Gasteiger partial charge in [0.1, 0.15) is 0 Å². The van der Waals surface area contributed by atoms with E-state index in [2.05, 4.69) is 5.32 Å². The molecule has 39 heavy (non-hydrogen) atoms. The van der Waals surface area contributed by atoms with E-state index in [1.807, 2.05) is 0 Å². The van der Waals surface area contributed by atoms with Crippen molar-refractivity contribution in [2.75, 3.05) is 4.72 Å². The van der Waals surface area contributed by atoms with E-state index in [4.69, 9.17) is 0 Å². The average molecular weight is 610 g/mol. The van der Waals surface area contributed by atoms with Gasteiger partial charge in [-0.05, 0) is 61.7 Å². The first-order valence-corrected chi connectivity index (χ1v) is 13.5. The molecule has 2 N–H and O–H groups in total. The lowest BCUT2D eigenvalue weighted by molar-refractivity contribution is -0.336. The fourth-order valence-corrected chi connectivity index (χ4v) is 6.50. The summed E-state index contributed by atoms with van der Waals surface area (Å²) < 4.78 is 167. The second kappa shape index (κ2) is 8.49. The maximum atomic E-state index is 13.3. The Morgan fingerprint density at radius 2 is 1.28 bits per heavy atom. The van der Waals surface area contributed by atoms with Gasteiger partial charge in [0.05, 0.1) is 32.0 Å². The molecule has 0 heterocycles. The van der Waals surface area contributed by atoms with Crippen LogP contribution in [0.5, 0.6) is 0 Å². The van der Waals surface area contributed by atoms with E-state index in [1.165, 1.54) is 0 Å². The first-order chi connectivity index (χ1) is 17.5. The molecule has 3 aliphatic carbocycles. The minimum atomic E-state index is -5.83. The topological polar surface area (TPSA) is 109 Å². The van der Waals surface area contributed by atoms with Gasteiger partial charge in [0.15, 0.2) is 0 Å². The Labute approximate surface area is 214 Å². The maximum absolute atomic E-state index is 13.3. The SMILES string of the molecule is O=C(NC12CC(C(F)(F)F)(C1)C2)c1ccc(C(F)(F)F)cc1NS(=O)(=O)c1ccc(S(=O)(=O)C(F)(F)F)cc1. The second-order valence-corrected chi connectivity index (χ2v) is 13.0. The van der Waals surface area contributed by atoms with Crippen LogP contribution < -0.4 is 10.0 Å². The fraction of sp³-hybridized carbons (Fsp3) is 0.381. The van der Waals surface area contributed by atoms with Gasteiger partial charge in [-0.2, -0.15) is 39.5 Å². The Morgan fingerprint density at radius 1 is 0.769 bits per heavy atom. The molecule has 214 valence electrons. The maximum Gasteiger partial charge on any atom is 0.501 e. The molecule has 1 amide bonds. The quantitative estimate of drug-likeness (QED) is 0.447. The van der Waals surface area contributed by atoms with Gasteiger partial charge in [-0.25, -0.2) is 16.8 Å². The van der Waals surface area contributed by atoms with Crippen molar-refractivity contribution in [3.63, 3.8) is 0 Å². The predicted molar refractivity (Wildman–Crippen MR) is 114 cm³/mol. The normalized spacial score (nSPS) is 23.4. The van der Waals surface area contributed by atoms with Crippen molar-refractivity contribution in [3.8, 4) is 0 Å². The van der Waals surface area contributed by atoms with Crippen molar-refractivity contribution in [2.45, 2.75) is 52.5 Å². The lowest BCUT2D eigenvalue weighted by Crippen LogP contribution is -2.78. The van der Waals surface area contributed by atoms with E-state index in [-0.39, 0.29) is 6.07 Å². The zero-order valence-electron chi connectivity index (χ0n) is 18.9. The van der Waals surface area contributed by atoms with Crippen LogP contribution in [0.15, 0.2) is 52.3 Å². The van der Waals surface area contributed by atoms with Gasteiger partial charge in [-0.3, -0.25) is 9.52 Å². The van der Waals surface area contributed by atoms with Crippen LogP contribution in [0.3, 0.4) is 0 Å². The van der Waals surface area contributed by atoms with Crippen molar-refractivity contribution in [3.05, 3.63) is 53.6 Å². The van der Waals surface area contributed by atoms with Gasteiger partial charge in [-0.15, -0.1) is 0 Å². The van der Waals surface area contributed by atoms with Crippen molar-refractivity contribution >= 4 is 31.5 Å². The van der Waals surface area contributed by atoms with Crippen molar-refractivity contribution < 1.29 is 61.1 Å². The third kappa shape index (κ3) is 4.92. The van der Waals surface area contributed by atoms with Gasteiger partial charge in [0, 0.05) is 5.54 Å². The lowest BCUT2D eigenvalue weighted by atomic mass is 9.39. The number of nitrogens with one attached hydrogen (secondary N) is 2. The van der Waals surface area contributed by atoms with Gasteiger partial charge in [-0.1, -0.05) is 0 Å². The highest BCUT2D eigenvalue weighted by Crippen LogP contribution is 2.73. The Kier molecular flexibility index (Phi) is 6.31. The van der Waals surface area contributed by atoms with Crippen LogP contribution in [0, 0.1) is 5.41 Å². The molecule has 0 unspecified atom stereocenters. The minimum Gasteiger partial charge on any atom is -0.346 e. The fourth-order valence-electron chi connectivity index (χ4n) is 4.67. The van der Waals surface area contributed by atoms with Gasteiger partial charge in [0.25, 0.3) is 25.8 Å². The van der Waals surface area contributed by atoms with Crippen molar-refractivity contribution in [1.29, 1.82) is 0 Å². The van der Waals surface area contributed by atoms with E-state index in [1.54, 1.807) is 4.72 Å². The predicted octanol–water partition coefficient (Wildman–Crippen LogP) is 5.01. The largest absolute Gasteiger partial charge is 0.501 e. The number of hydrogen-bond acceptors (Lipinski definition) is 5. The molecule has 18 heteroatoms. The molecule has 3 fully saturated rings. The molecule has 0 aliphatic heterocycles. The summed E-state index contributed by atoms with van der Waals surface area (Å²) in [6, 6.07) is 2.85. The molecule has 0 saturated heterocycles. The Balaban J connectivity index is 1.62. The lowest BCUT2D eigenvalue weighted by Gasteiger charge is -2.70. The second-order valence-electron chi connectivity index (χ2n) is 9.33. The summed E-state index contributed by atoms with van der Waals surface area (Å²) in [6.07, 6.45) is -10.9. The van der Waals surface area contributed by atoms with Crippen LogP contribution in [0.1, 0.15) is 35.2 Å². The molecule has 2 aromatic rings. The van der Waals surface area contributed by atoms with Crippen LogP contribution in [0.2, 0.25) is 0 Å². The zero-order chi connectivity index (χ0) is 29.4.